The van der Waals surface area contributed by atoms with E-state index < -0.39 is 23.3 Å². The second kappa shape index (κ2) is 9.30. The molecule has 0 unspecified atom stereocenters. The lowest BCUT2D eigenvalue weighted by Crippen LogP contribution is -2.17. The first kappa shape index (κ1) is 25.0. The average Bonchev–Trinajstić information content (AvgIpc) is 3.35. The number of hydrogen-bond acceptors (Lipinski definition) is 5. The van der Waals surface area contributed by atoms with Crippen molar-refractivity contribution in [1.29, 1.82) is 0 Å². The number of rotatable bonds is 7. The van der Waals surface area contributed by atoms with E-state index in [1.807, 2.05) is 10.6 Å². The number of benzene rings is 1. The van der Waals surface area contributed by atoms with Gasteiger partial charge in [-0.1, -0.05) is 25.0 Å². The van der Waals surface area contributed by atoms with Gasteiger partial charge in [0.15, 0.2) is 0 Å². The van der Waals surface area contributed by atoms with Gasteiger partial charge >= 0.3 is 0 Å². The minimum Gasteiger partial charge on any atom is -0.386 e. The molecule has 0 aliphatic rings. The van der Waals surface area contributed by atoms with Gasteiger partial charge in [-0.05, 0) is 57.5 Å². The van der Waals surface area contributed by atoms with E-state index in [0.29, 0.717) is 56.6 Å². The van der Waals surface area contributed by atoms with Crippen LogP contribution in [0.3, 0.4) is 0 Å². The molecule has 4 aromatic heterocycles. The quantitative estimate of drug-likeness (QED) is 0.295. The van der Waals surface area contributed by atoms with E-state index in [1.54, 1.807) is 57.0 Å². The van der Waals surface area contributed by atoms with Gasteiger partial charge in [0.1, 0.15) is 11.6 Å². The highest BCUT2D eigenvalue weighted by molar-refractivity contribution is 6.07. The number of aliphatic hydroxyl groups is 1. The number of unbranched alkanes of at least 4 members (excludes halogenated alkanes) is 1. The van der Waals surface area contributed by atoms with Gasteiger partial charge in [-0.15, -0.1) is 5.10 Å². The van der Waals surface area contributed by atoms with Gasteiger partial charge in [-0.3, -0.25) is 9.97 Å². The fourth-order valence-electron chi connectivity index (χ4n) is 5.04. The predicted molar refractivity (Wildman–Crippen MR) is 139 cm³/mol. The number of hydrogen-bond donors (Lipinski definition) is 1. The lowest BCUT2D eigenvalue weighted by molar-refractivity contribution is 0.0784. The van der Waals surface area contributed by atoms with Gasteiger partial charge < -0.3 is 9.67 Å². The minimum absolute atomic E-state index is 0.313. The Kier molecular flexibility index (Phi) is 6.27. The molecule has 192 valence electrons. The van der Waals surface area contributed by atoms with E-state index in [-0.39, 0.29) is 0 Å². The summed E-state index contributed by atoms with van der Waals surface area (Å²) in [5, 5.41) is 19.5. The van der Waals surface area contributed by atoms with Crippen molar-refractivity contribution < 1.29 is 13.9 Å². The maximum Gasteiger partial charge on any atom is 0.146 e. The molecule has 1 aromatic carbocycles. The number of nitrogens with zero attached hydrogens (tertiary/aromatic N) is 6. The summed E-state index contributed by atoms with van der Waals surface area (Å²) in [6, 6.07) is 7.60. The van der Waals surface area contributed by atoms with Gasteiger partial charge in [-0.2, -0.15) is 0 Å². The van der Waals surface area contributed by atoms with Gasteiger partial charge in [0.2, 0.25) is 0 Å². The SMILES string of the molecule is CCCC[C@H](c1ncccc1F)n1c2cc(-c3c(C)nnn3C)c(F)cc2c2ncc(C(C)(C)O)cc21. The summed E-state index contributed by atoms with van der Waals surface area (Å²) in [5.74, 6) is -0.832. The average molecular weight is 505 g/mol. The Bertz CT molecular complexity index is 1600. The molecule has 0 bridgehead atoms. The maximum absolute atomic E-state index is 15.6. The van der Waals surface area contributed by atoms with E-state index in [1.165, 1.54) is 12.1 Å². The van der Waals surface area contributed by atoms with Crippen LogP contribution in [0.25, 0.3) is 33.2 Å². The van der Waals surface area contributed by atoms with Crippen LogP contribution in [0.15, 0.2) is 42.7 Å². The van der Waals surface area contributed by atoms with Crippen LogP contribution in [0.2, 0.25) is 0 Å². The Morgan fingerprint density at radius 2 is 1.86 bits per heavy atom. The summed E-state index contributed by atoms with van der Waals surface area (Å²) in [5.41, 5.74) is 3.23. The second-order valence-corrected chi connectivity index (χ2v) is 10.0. The molecule has 37 heavy (non-hydrogen) atoms. The van der Waals surface area contributed by atoms with E-state index in [4.69, 9.17) is 0 Å². The molecule has 0 fully saturated rings. The zero-order valence-corrected chi connectivity index (χ0v) is 21.6. The van der Waals surface area contributed by atoms with E-state index in [2.05, 4.69) is 27.2 Å². The third-order valence-electron chi connectivity index (χ3n) is 6.93. The molecular weight excluding hydrogens is 474 g/mol. The molecule has 0 aliphatic carbocycles. The molecule has 5 aromatic rings. The number of pyridine rings is 2. The Hall–Kier alpha value is -3.72. The monoisotopic (exact) mass is 504 g/mol. The molecule has 0 amide bonds. The summed E-state index contributed by atoms with van der Waals surface area (Å²) < 4.78 is 34.4. The van der Waals surface area contributed by atoms with Crippen molar-refractivity contribution in [3.05, 3.63) is 71.3 Å². The van der Waals surface area contributed by atoms with Crippen LogP contribution in [0.4, 0.5) is 8.78 Å². The summed E-state index contributed by atoms with van der Waals surface area (Å²) in [7, 11) is 1.72. The third kappa shape index (κ3) is 4.27. The van der Waals surface area contributed by atoms with Crippen LogP contribution in [0.1, 0.15) is 63.0 Å². The molecule has 4 heterocycles. The zero-order chi connectivity index (χ0) is 26.5. The van der Waals surface area contributed by atoms with Crippen LogP contribution in [-0.4, -0.2) is 34.6 Å². The van der Waals surface area contributed by atoms with Crippen molar-refractivity contribution in [3.8, 4) is 11.3 Å². The Labute approximate surface area is 213 Å². The van der Waals surface area contributed by atoms with E-state index in [0.717, 1.165) is 12.8 Å². The number of halogens is 2. The summed E-state index contributed by atoms with van der Waals surface area (Å²) in [6.45, 7) is 7.24. The van der Waals surface area contributed by atoms with E-state index in [9.17, 15) is 5.11 Å². The normalized spacial score (nSPS) is 13.1. The highest BCUT2D eigenvalue weighted by atomic mass is 19.1. The topological polar surface area (TPSA) is 81.7 Å². The van der Waals surface area contributed by atoms with Crippen LogP contribution in [0.5, 0.6) is 0 Å². The second-order valence-electron chi connectivity index (χ2n) is 10.0. The highest BCUT2D eigenvalue weighted by Gasteiger charge is 2.27. The maximum atomic E-state index is 15.6. The molecule has 0 radical (unpaired) electrons. The first-order valence-corrected chi connectivity index (χ1v) is 12.4. The smallest absolute Gasteiger partial charge is 0.146 e. The number of aryl methyl sites for hydroxylation is 2. The third-order valence-corrected chi connectivity index (χ3v) is 6.93. The van der Waals surface area contributed by atoms with Crippen LogP contribution in [0, 0.1) is 18.6 Å². The van der Waals surface area contributed by atoms with Gasteiger partial charge in [0.25, 0.3) is 0 Å². The van der Waals surface area contributed by atoms with Crippen molar-refractivity contribution in [2.24, 2.45) is 7.05 Å². The molecule has 0 saturated carbocycles. The molecule has 5 rings (SSSR count). The molecule has 1 atom stereocenters. The lowest BCUT2D eigenvalue weighted by atomic mass is 10.00. The Morgan fingerprint density at radius 3 is 2.51 bits per heavy atom. The van der Waals surface area contributed by atoms with Crippen molar-refractivity contribution >= 4 is 21.9 Å². The standard InChI is InChI=1S/C28H30F2N6O/c1-6-7-10-22(26-20(29)9-8-11-31-26)36-23-14-18(27-16(2)33-34-35(27)5)21(30)13-19(23)25-24(36)12-17(15-32-25)28(3,4)37/h8-9,11-15,22,37H,6-7,10H2,1-5H3/t22-/m1/s1. The van der Waals surface area contributed by atoms with Gasteiger partial charge in [0.05, 0.1) is 45.3 Å². The molecule has 9 heteroatoms. The Balaban J connectivity index is 1.91. The van der Waals surface area contributed by atoms with Crippen molar-refractivity contribution in [2.75, 3.05) is 0 Å². The fraction of sp³-hybridized carbons (Fsp3) is 0.357. The molecule has 0 saturated heterocycles. The minimum atomic E-state index is -1.15. The highest BCUT2D eigenvalue weighted by Crippen LogP contribution is 2.40. The van der Waals surface area contributed by atoms with Gasteiger partial charge in [-0.25, -0.2) is 13.5 Å². The van der Waals surface area contributed by atoms with Crippen LogP contribution < -0.4 is 0 Å². The van der Waals surface area contributed by atoms with Crippen molar-refractivity contribution in [2.45, 2.75) is 58.6 Å². The van der Waals surface area contributed by atoms with Crippen LogP contribution in [-0.2, 0) is 12.6 Å². The lowest BCUT2D eigenvalue weighted by Gasteiger charge is -2.23. The molecule has 7 nitrogen and oxygen atoms in total. The predicted octanol–water partition coefficient (Wildman–Crippen LogP) is 5.97. The first-order valence-electron chi connectivity index (χ1n) is 12.4. The molecule has 0 aliphatic heterocycles. The van der Waals surface area contributed by atoms with Crippen molar-refractivity contribution in [1.82, 2.24) is 29.5 Å². The number of fused-ring (bicyclic) bond motifs is 3. The fourth-order valence-corrected chi connectivity index (χ4v) is 5.04. The molecular formula is C28H30F2N6O. The van der Waals surface area contributed by atoms with Gasteiger partial charge in [0, 0.05) is 36.0 Å². The largest absolute Gasteiger partial charge is 0.386 e. The zero-order valence-electron chi connectivity index (χ0n) is 21.6. The molecule has 0 spiro atoms. The summed E-state index contributed by atoms with van der Waals surface area (Å²) in [6.07, 6.45) is 5.56. The Morgan fingerprint density at radius 1 is 1.08 bits per heavy atom. The van der Waals surface area contributed by atoms with Crippen molar-refractivity contribution in [3.63, 3.8) is 0 Å². The molecule has 1 N–H and O–H groups in total. The first-order chi connectivity index (χ1) is 17.6. The van der Waals surface area contributed by atoms with Crippen LogP contribution >= 0.6 is 0 Å². The van der Waals surface area contributed by atoms with E-state index >= 15 is 8.78 Å². The summed E-state index contributed by atoms with van der Waals surface area (Å²) in [4.78, 5) is 9.08. The summed E-state index contributed by atoms with van der Waals surface area (Å²) >= 11 is 0. The number of aromatic nitrogens is 6.